The molecule has 0 saturated heterocycles. The van der Waals surface area contributed by atoms with Gasteiger partial charge in [0.1, 0.15) is 11.4 Å². The molecule has 0 fully saturated rings. The molecule has 6 heteroatoms. The summed E-state index contributed by atoms with van der Waals surface area (Å²) in [5, 5.41) is 16.6. The Morgan fingerprint density at radius 1 is 1.44 bits per heavy atom. The molecular weight excluding hydrogens is 239 g/mol. The molecule has 0 aliphatic rings. The lowest BCUT2D eigenvalue weighted by atomic mass is 10.3. The standard InChI is InChI=1S/C12H13FN2O3/c1-3-10(16)11(12(17)18-2)15-14-9-7-5-4-6-8(9)13/h4-7,16H,3H2,1-2H3. The largest absolute Gasteiger partial charge is 0.510 e. The Balaban J connectivity index is 3.06. The van der Waals surface area contributed by atoms with Gasteiger partial charge in [-0.15, -0.1) is 10.2 Å². The highest BCUT2D eigenvalue weighted by Gasteiger charge is 2.14. The number of esters is 1. The van der Waals surface area contributed by atoms with Crippen molar-refractivity contribution in [2.45, 2.75) is 13.3 Å². The number of carbonyl (C=O) groups is 1. The molecule has 0 aromatic heterocycles. The maximum absolute atomic E-state index is 13.3. The molecule has 1 aromatic carbocycles. The van der Waals surface area contributed by atoms with Crippen molar-refractivity contribution in [1.82, 2.24) is 0 Å². The van der Waals surface area contributed by atoms with E-state index in [0.717, 1.165) is 7.11 Å². The number of benzene rings is 1. The molecule has 1 aromatic rings. The zero-order valence-corrected chi connectivity index (χ0v) is 10.1. The molecule has 0 aliphatic carbocycles. The van der Waals surface area contributed by atoms with E-state index in [-0.39, 0.29) is 23.6 Å². The van der Waals surface area contributed by atoms with Crippen LogP contribution >= 0.6 is 0 Å². The number of rotatable bonds is 4. The lowest BCUT2D eigenvalue weighted by molar-refractivity contribution is -0.136. The number of halogens is 1. The fourth-order valence-corrected chi connectivity index (χ4v) is 1.12. The smallest absolute Gasteiger partial charge is 0.362 e. The first-order valence-corrected chi connectivity index (χ1v) is 5.26. The molecule has 1 N–H and O–H groups in total. The predicted octanol–water partition coefficient (Wildman–Crippen LogP) is 3.26. The molecule has 0 heterocycles. The summed E-state index contributed by atoms with van der Waals surface area (Å²) in [6, 6.07) is 5.71. The van der Waals surface area contributed by atoms with Crippen LogP contribution in [0.15, 0.2) is 46.0 Å². The third-order valence-electron chi connectivity index (χ3n) is 2.10. The van der Waals surface area contributed by atoms with Gasteiger partial charge in [-0.1, -0.05) is 19.1 Å². The second-order valence-electron chi connectivity index (χ2n) is 3.29. The number of carbonyl (C=O) groups excluding carboxylic acids is 1. The quantitative estimate of drug-likeness (QED) is 0.387. The number of aliphatic hydroxyl groups excluding tert-OH is 1. The molecule has 0 aliphatic heterocycles. The Kier molecular flexibility index (Phi) is 4.98. The van der Waals surface area contributed by atoms with Gasteiger partial charge in [0.2, 0.25) is 5.70 Å². The summed E-state index contributed by atoms with van der Waals surface area (Å²) >= 11 is 0. The van der Waals surface area contributed by atoms with Crippen molar-refractivity contribution in [3.05, 3.63) is 41.5 Å². The van der Waals surface area contributed by atoms with Crippen LogP contribution in [0.1, 0.15) is 13.3 Å². The summed E-state index contributed by atoms with van der Waals surface area (Å²) in [5.41, 5.74) is -0.356. The van der Waals surface area contributed by atoms with Gasteiger partial charge >= 0.3 is 5.97 Å². The highest BCUT2D eigenvalue weighted by molar-refractivity contribution is 5.88. The van der Waals surface area contributed by atoms with Crippen molar-refractivity contribution < 1.29 is 19.0 Å². The van der Waals surface area contributed by atoms with Crippen LogP contribution in [0.3, 0.4) is 0 Å². The minimum Gasteiger partial charge on any atom is -0.510 e. The third-order valence-corrected chi connectivity index (χ3v) is 2.10. The Labute approximate surface area is 104 Å². The molecule has 0 unspecified atom stereocenters. The second-order valence-corrected chi connectivity index (χ2v) is 3.29. The van der Waals surface area contributed by atoms with Gasteiger partial charge in [-0.3, -0.25) is 0 Å². The van der Waals surface area contributed by atoms with Crippen LogP contribution in [-0.4, -0.2) is 18.2 Å². The SMILES string of the molecule is CCC(O)=C(N=Nc1ccccc1F)C(=O)OC. The van der Waals surface area contributed by atoms with E-state index in [1.807, 2.05) is 0 Å². The minimum atomic E-state index is -0.825. The molecular formula is C12H13FN2O3. The number of ether oxygens (including phenoxy) is 1. The number of hydrogen-bond donors (Lipinski definition) is 1. The van der Waals surface area contributed by atoms with Crippen LogP contribution in [0, 0.1) is 5.82 Å². The predicted molar refractivity (Wildman–Crippen MR) is 62.9 cm³/mol. The normalized spacial score (nSPS) is 12.4. The topological polar surface area (TPSA) is 71.2 Å². The molecule has 0 atom stereocenters. The van der Waals surface area contributed by atoms with Crippen molar-refractivity contribution in [2.75, 3.05) is 7.11 Å². The number of hydrogen-bond acceptors (Lipinski definition) is 5. The van der Waals surface area contributed by atoms with Crippen LogP contribution in [-0.2, 0) is 9.53 Å². The van der Waals surface area contributed by atoms with E-state index >= 15 is 0 Å². The van der Waals surface area contributed by atoms with Gasteiger partial charge in [-0.2, -0.15) is 0 Å². The van der Waals surface area contributed by atoms with E-state index in [1.54, 1.807) is 13.0 Å². The van der Waals surface area contributed by atoms with E-state index in [9.17, 15) is 14.3 Å². The molecule has 18 heavy (non-hydrogen) atoms. The van der Waals surface area contributed by atoms with E-state index in [2.05, 4.69) is 15.0 Å². The van der Waals surface area contributed by atoms with E-state index in [4.69, 9.17) is 0 Å². The molecule has 96 valence electrons. The fourth-order valence-electron chi connectivity index (χ4n) is 1.12. The number of methoxy groups -OCH3 is 1. The van der Waals surface area contributed by atoms with Crippen molar-refractivity contribution in [3.63, 3.8) is 0 Å². The van der Waals surface area contributed by atoms with Gasteiger partial charge < -0.3 is 9.84 Å². The van der Waals surface area contributed by atoms with Crippen LogP contribution < -0.4 is 0 Å². The summed E-state index contributed by atoms with van der Waals surface area (Å²) in [7, 11) is 1.16. The molecule has 5 nitrogen and oxygen atoms in total. The third kappa shape index (κ3) is 3.38. The molecule has 0 spiro atoms. The first-order valence-electron chi connectivity index (χ1n) is 5.26. The second kappa shape index (κ2) is 6.48. The molecule has 0 radical (unpaired) electrons. The molecule has 1 rings (SSSR count). The van der Waals surface area contributed by atoms with Crippen LogP contribution in [0.25, 0.3) is 0 Å². The number of azo groups is 1. The summed E-state index contributed by atoms with van der Waals surface area (Å²) < 4.78 is 17.7. The molecule has 0 bridgehead atoms. The Morgan fingerprint density at radius 3 is 2.67 bits per heavy atom. The van der Waals surface area contributed by atoms with Gasteiger partial charge in [0.05, 0.1) is 7.11 Å². The lowest BCUT2D eigenvalue weighted by Crippen LogP contribution is -2.05. The Morgan fingerprint density at radius 2 is 2.11 bits per heavy atom. The first kappa shape index (κ1) is 13.8. The van der Waals surface area contributed by atoms with E-state index < -0.39 is 11.8 Å². The zero-order chi connectivity index (χ0) is 13.5. The van der Waals surface area contributed by atoms with E-state index in [0.29, 0.717) is 0 Å². The maximum atomic E-state index is 13.3. The van der Waals surface area contributed by atoms with Gasteiger partial charge in [-0.05, 0) is 12.1 Å². The fraction of sp³-hybridized carbons (Fsp3) is 0.250. The van der Waals surface area contributed by atoms with Crippen LogP contribution in [0.2, 0.25) is 0 Å². The summed E-state index contributed by atoms with van der Waals surface area (Å²) in [6.07, 6.45) is 0.195. The Hall–Kier alpha value is -2.24. The summed E-state index contributed by atoms with van der Waals surface area (Å²) in [6.45, 7) is 1.64. The summed E-state index contributed by atoms with van der Waals surface area (Å²) in [4.78, 5) is 11.3. The van der Waals surface area contributed by atoms with Gasteiger partial charge in [0, 0.05) is 6.42 Å². The average molecular weight is 252 g/mol. The summed E-state index contributed by atoms with van der Waals surface area (Å²) in [5.74, 6) is -1.65. The zero-order valence-electron chi connectivity index (χ0n) is 10.1. The highest BCUT2D eigenvalue weighted by Crippen LogP contribution is 2.19. The van der Waals surface area contributed by atoms with Gasteiger partial charge in [0.25, 0.3) is 0 Å². The molecule has 0 saturated carbocycles. The van der Waals surface area contributed by atoms with Crippen molar-refractivity contribution in [3.8, 4) is 0 Å². The van der Waals surface area contributed by atoms with Crippen molar-refractivity contribution >= 4 is 11.7 Å². The van der Waals surface area contributed by atoms with Gasteiger partial charge in [-0.25, -0.2) is 9.18 Å². The average Bonchev–Trinajstić information content (AvgIpc) is 2.40. The first-order chi connectivity index (χ1) is 8.60. The van der Waals surface area contributed by atoms with Crippen molar-refractivity contribution in [1.29, 1.82) is 0 Å². The monoisotopic (exact) mass is 252 g/mol. The molecule has 0 amide bonds. The van der Waals surface area contributed by atoms with Gasteiger partial charge in [0.15, 0.2) is 5.82 Å². The van der Waals surface area contributed by atoms with E-state index in [1.165, 1.54) is 18.2 Å². The van der Waals surface area contributed by atoms with Crippen molar-refractivity contribution in [2.24, 2.45) is 10.2 Å². The van der Waals surface area contributed by atoms with Crippen LogP contribution in [0.4, 0.5) is 10.1 Å². The minimum absolute atomic E-state index is 0.0252. The maximum Gasteiger partial charge on any atom is 0.362 e. The lowest BCUT2D eigenvalue weighted by Gasteiger charge is -2.01. The number of allylic oxidation sites excluding steroid dienone is 1. The number of aliphatic hydroxyl groups is 1. The van der Waals surface area contributed by atoms with Crippen LogP contribution in [0.5, 0.6) is 0 Å². The highest BCUT2D eigenvalue weighted by atomic mass is 19.1. The number of nitrogens with zero attached hydrogens (tertiary/aromatic N) is 2. The Bertz CT molecular complexity index is 498.